The lowest BCUT2D eigenvalue weighted by atomic mass is 10.1. The van der Waals surface area contributed by atoms with Crippen LogP contribution in [-0.2, 0) is 16.4 Å². The number of carboxylic acids is 1. The van der Waals surface area contributed by atoms with Gasteiger partial charge in [0.25, 0.3) is 0 Å². The molecule has 1 aromatic carbocycles. The van der Waals surface area contributed by atoms with Gasteiger partial charge in [-0.15, -0.1) is 0 Å². The van der Waals surface area contributed by atoms with Crippen molar-refractivity contribution in [1.29, 1.82) is 0 Å². The van der Waals surface area contributed by atoms with Gasteiger partial charge < -0.3 is 10.4 Å². The fourth-order valence-corrected chi connectivity index (χ4v) is 4.09. The average molecular weight is 312 g/mol. The normalized spacial score (nSPS) is 16.8. The van der Waals surface area contributed by atoms with Crippen molar-refractivity contribution < 1.29 is 18.3 Å². The van der Waals surface area contributed by atoms with Crippen LogP contribution < -0.4 is 10.0 Å². The second kappa shape index (κ2) is 6.55. The summed E-state index contributed by atoms with van der Waals surface area (Å²) in [7, 11) is -3.70. The summed E-state index contributed by atoms with van der Waals surface area (Å²) in [5, 5.41) is 12.2. The first-order valence-corrected chi connectivity index (χ1v) is 8.51. The van der Waals surface area contributed by atoms with Gasteiger partial charge in [-0.25, -0.2) is 17.9 Å². The standard InChI is InChI=1S/C14H20N2O4S/c1-2-10-3-4-11(14(17)18)9-13(10)21(19,20)16-12-5-7-15-8-6-12/h3-4,9,12,15-16H,2,5-8H2,1H3,(H,17,18). The van der Waals surface area contributed by atoms with E-state index < -0.39 is 16.0 Å². The van der Waals surface area contributed by atoms with Crippen LogP contribution in [0.15, 0.2) is 23.1 Å². The van der Waals surface area contributed by atoms with Crippen LogP contribution in [0.25, 0.3) is 0 Å². The molecule has 1 aliphatic heterocycles. The van der Waals surface area contributed by atoms with E-state index in [2.05, 4.69) is 10.0 Å². The molecule has 0 amide bonds. The molecule has 21 heavy (non-hydrogen) atoms. The van der Waals surface area contributed by atoms with Crippen LogP contribution in [0.4, 0.5) is 0 Å². The van der Waals surface area contributed by atoms with Crippen LogP contribution in [0.1, 0.15) is 35.7 Å². The van der Waals surface area contributed by atoms with Crippen molar-refractivity contribution in [3.05, 3.63) is 29.3 Å². The minimum atomic E-state index is -3.70. The maximum absolute atomic E-state index is 12.5. The number of carbonyl (C=O) groups is 1. The Morgan fingerprint density at radius 1 is 1.38 bits per heavy atom. The van der Waals surface area contributed by atoms with E-state index in [0.29, 0.717) is 12.0 Å². The van der Waals surface area contributed by atoms with Crippen LogP contribution in [0.2, 0.25) is 0 Å². The second-order valence-electron chi connectivity index (χ2n) is 5.13. The lowest BCUT2D eigenvalue weighted by Gasteiger charge is -2.24. The Hall–Kier alpha value is -1.44. The number of nitrogens with one attached hydrogen (secondary N) is 2. The molecule has 7 heteroatoms. The predicted octanol–water partition coefficient (Wildman–Crippen LogP) is 0.978. The Kier molecular flexibility index (Phi) is 4.97. The van der Waals surface area contributed by atoms with E-state index in [1.54, 1.807) is 6.07 Å². The molecule has 1 aromatic rings. The molecule has 6 nitrogen and oxygen atoms in total. The Bertz CT molecular complexity index is 622. The van der Waals surface area contributed by atoms with Crippen LogP contribution >= 0.6 is 0 Å². The summed E-state index contributed by atoms with van der Waals surface area (Å²) in [5.41, 5.74) is 0.610. The molecule has 3 N–H and O–H groups in total. The molecule has 0 radical (unpaired) electrons. The van der Waals surface area contributed by atoms with Crippen LogP contribution in [0, 0.1) is 0 Å². The van der Waals surface area contributed by atoms with Gasteiger partial charge in [-0.2, -0.15) is 0 Å². The maximum atomic E-state index is 12.5. The van der Waals surface area contributed by atoms with Crippen molar-refractivity contribution >= 4 is 16.0 Å². The number of sulfonamides is 1. The summed E-state index contributed by atoms with van der Waals surface area (Å²) >= 11 is 0. The molecule has 0 unspecified atom stereocenters. The number of rotatable bonds is 5. The van der Waals surface area contributed by atoms with Crippen molar-refractivity contribution in [2.45, 2.75) is 37.1 Å². The van der Waals surface area contributed by atoms with E-state index in [-0.39, 0.29) is 16.5 Å². The Morgan fingerprint density at radius 3 is 2.62 bits per heavy atom. The van der Waals surface area contributed by atoms with Gasteiger partial charge in [0.05, 0.1) is 10.5 Å². The van der Waals surface area contributed by atoms with Crippen LogP contribution in [0.5, 0.6) is 0 Å². The van der Waals surface area contributed by atoms with Gasteiger partial charge in [0.2, 0.25) is 10.0 Å². The molecule has 116 valence electrons. The molecule has 0 bridgehead atoms. The molecule has 0 aliphatic carbocycles. The first-order valence-electron chi connectivity index (χ1n) is 7.03. The molecule has 0 saturated carbocycles. The fraction of sp³-hybridized carbons (Fsp3) is 0.500. The smallest absolute Gasteiger partial charge is 0.335 e. The van der Waals surface area contributed by atoms with E-state index in [0.717, 1.165) is 25.9 Å². The summed E-state index contributed by atoms with van der Waals surface area (Å²) in [4.78, 5) is 11.1. The van der Waals surface area contributed by atoms with Gasteiger partial charge in [0.15, 0.2) is 0 Å². The summed E-state index contributed by atoms with van der Waals surface area (Å²) in [6, 6.07) is 4.14. The molecule has 0 aromatic heterocycles. The minimum Gasteiger partial charge on any atom is -0.478 e. The van der Waals surface area contributed by atoms with Crippen molar-refractivity contribution in [2.24, 2.45) is 0 Å². The van der Waals surface area contributed by atoms with Crippen molar-refractivity contribution in [1.82, 2.24) is 10.0 Å². The summed E-state index contributed by atoms with van der Waals surface area (Å²) in [5.74, 6) is -1.13. The first kappa shape index (κ1) is 15.9. The number of benzene rings is 1. The Labute approximate surface area is 124 Å². The monoisotopic (exact) mass is 312 g/mol. The van der Waals surface area contributed by atoms with E-state index in [4.69, 9.17) is 5.11 Å². The third-order valence-corrected chi connectivity index (χ3v) is 5.25. The van der Waals surface area contributed by atoms with Gasteiger partial charge in [-0.3, -0.25) is 0 Å². The minimum absolute atomic E-state index is 0.0158. The van der Waals surface area contributed by atoms with E-state index >= 15 is 0 Å². The Balaban J connectivity index is 2.32. The highest BCUT2D eigenvalue weighted by Gasteiger charge is 2.24. The lowest BCUT2D eigenvalue weighted by molar-refractivity contribution is 0.0696. The zero-order valence-electron chi connectivity index (χ0n) is 11.9. The highest BCUT2D eigenvalue weighted by molar-refractivity contribution is 7.89. The predicted molar refractivity (Wildman–Crippen MR) is 79.0 cm³/mol. The van der Waals surface area contributed by atoms with Crippen molar-refractivity contribution in [2.75, 3.05) is 13.1 Å². The van der Waals surface area contributed by atoms with Crippen LogP contribution in [0.3, 0.4) is 0 Å². The topological polar surface area (TPSA) is 95.5 Å². The van der Waals surface area contributed by atoms with Crippen molar-refractivity contribution in [3.63, 3.8) is 0 Å². The molecule has 0 spiro atoms. The molecule has 1 aliphatic rings. The fourth-order valence-electron chi connectivity index (χ4n) is 2.45. The second-order valence-corrected chi connectivity index (χ2v) is 6.81. The van der Waals surface area contributed by atoms with Crippen LogP contribution in [-0.4, -0.2) is 38.6 Å². The van der Waals surface area contributed by atoms with Gasteiger partial charge in [-0.05, 0) is 50.0 Å². The van der Waals surface area contributed by atoms with E-state index in [1.807, 2.05) is 6.92 Å². The molecular weight excluding hydrogens is 292 g/mol. The molecule has 1 saturated heterocycles. The Morgan fingerprint density at radius 2 is 2.05 bits per heavy atom. The van der Waals surface area contributed by atoms with Gasteiger partial charge in [0.1, 0.15) is 0 Å². The highest BCUT2D eigenvalue weighted by atomic mass is 32.2. The van der Waals surface area contributed by atoms with Crippen molar-refractivity contribution in [3.8, 4) is 0 Å². The zero-order valence-corrected chi connectivity index (χ0v) is 12.7. The summed E-state index contributed by atoms with van der Waals surface area (Å²) < 4.78 is 27.8. The van der Waals surface area contributed by atoms with E-state index in [9.17, 15) is 13.2 Å². The molecular formula is C14H20N2O4S. The molecule has 1 heterocycles. The number of aromatic carboxylic acids is 1. The molecule has 1 fully saturated rings. The van der Waals surface area contributed by atoms with Gasteiger partial charge >= 0.3 is 5.97 Å². The number of carboxylic acid groups (broad SMARTS) is 1. The molecule has 2 rings (SSSR count). The third kappa shape index (κ3) is 3.81. The summed E-state index contributed by atoms with van der Waals surface area (Å²) in [6.07, 6.45) is 2.00. The largest absolute Gasteiger partial charge is 0.478 e. The van der Waals surface area contributed by atoms with Gasteiger partial charge in [0, 0.05) is 6.04 Å². The van der Waals surface area contributed by atoms with Gasteiger partial charge in [-0.1, -0.05) is 13.0 Å². The number of piperidine rings is 1. The third-order valence-electron chi connectivity index (χ3n) is 3.65. The number of hydrogen-bond donors (Lipinski definition) is 3. The quantitative estimate of drug-likeness (QED) is 0.753. The SMILES string of the molecule is CCc1ccc(C(=O)O)cc1S(=O)(=O)NC1CCNCC1. The van der Waals surface area contributed by atoms with E-state index in [1.165, 1.54) is 12.1 Å². The number of hydrogen-bond acceptors (Lipinski definition) is 4. The lowest BCUT2D eigenvalue weighted by Crippen LogP contribution is -2.42. The zero-order chi connectivity index (χ0) is 15.5. The first-order chi connectivity index (χ1) is 9.94. The highest BCUT2D eigenvalue weighted by Crippen LogP contribution is 2.20. The average Bonchev–Trinajstić information content (AvgIpc) is 2.47. The molecule has 0 atom stereocenters. The summed E-state index contributed by atoms with van der Waals surface area (Å²) in [6.45, 7) is 3.41. The maximum Gasteiger partial charge on any atom is 0.335 e. The number of aryl methyl sites for hydroxylation is 1.